The van der Waals surface area contributed by atoms with Crippen molar-refractivity contribution >= 4 is 56.9 Å². The Bertz CT molecular complexity index is 1890. The highest BCUT2D eigenvalue weighted by Gasteiger charge is 2.53. The molecule has 0 aliphatic carbocycles. The van der Waals surface area contributed by atoms with Crippen LogP contribution in [0, 0.1) is 6.92 Å². The summed E-state index contributed by atoms with van der Waals surface area (Å²) in [4.78, 5) is 15.1. The van der Waals surface area contributed by atoms with Crippen LogP contribution in [0.15, 0.2) is 131 Å². The zero-order valence-electron chi connectivity index (χ0n) is 20.8. The third-order valence-electron chi connectivity index (χ3n) is 8.24. The molecule has 2 aliphatic heterocycles. The Morgan fingerprint density at radius 1 is 0.632 bits per heavy atom. The smallest absolute Gasteiger partial charge is 0.195 e. The molecular formula is C34H23NO2Si. The molecule has 5 aromatic carbocycles. The molecule has 1 aromatic heterocycles. The van der Waals surface area contributed by atoms with E-state index in [4.69, 9.17) is 4.42 Å². The van der Waals surface area contributed by atoms with Crippen molar-refractivity contribution in [3.05, 3.63) is 137 Å². The fraction of sp³-hybridized carbons (Fsp3) is 0.0294. The third kappa shape index (κ3) is 2.60. The minimum Gasteiger partial charge on any atom is -0.464 e. The first-order chi connectivity index (χ1) is 18.7. The predicted molar refractivity (Wildman–Crippen MR) is 158 cm³/mol. The number of anilines is 3. The van der Waals surface area contributed by atoms with Gasteiger partial charge in [0.1, 0.15) is 5.58 Å². The molecule has 3 nitrogen and oxygen atoms in total. The summed E-state index contributed by atoms with van der Waals surface area (Å²) in [5, 5.41) is 6.25. The highest BCUT2D eigenvalue weighted by atomic mass is 28.3. The van der Waals surface area contributed by atoms with Gasteiger partial charge in [-0.15, -0.1) is 0 Å². The number of rotatable bonds is 1. The van der Waals surface area contributed by atoms with Gasteiger partial charge < -0.3 is 9.32 Å². The molecule has 6 aromatic rings. The zero-order valence-corrected chi connectivity index (χ0v) is 21.8. The first-order valence-electron chi connectivity index (χ1n) is 12.9. The lowest BCUT2D eigenvalue weighted by molar-refractivity contribution is 0.597. The zero-order chi connectivity index (χ0) is 25.4. The van der Waals surface area contributed by atoms with Crippen molar-refractivity contribution in [3.8, 4) is 11.1 Å². The molecule has 0 bridgehead atoms. The van der Waals surface area contributed by atoms with Gasteiger partial charge in [-0.1, -0.05) is 84.9 Å². The number of hydrogen-bond acceptors (Lipinski definition) is 3. The summed E-state index contributed by atoms with van der Waals surface area (Å²) in [6, 6.07) is 41.6. The summed E-state index contributed by atoms with van der Waals surface area (Å²) < 4.78 is 5.90. The molecule has 38 heavy (non-hydrogen) atoms. The van der Waals surface area contributed by atoms with E-state index in [2.05, 4.69) is 102 Å². The Balaban J connectivity index is 1.48. The molecule has 0 amide bonds. The molecule has 0 unspecified atom stereocenters. The second kappa shape index (κ2) is 7.67. The summed E-state index contributed by atoms with van der Waals surface area (Å²) >= 11 is 0. The van der Waals surface area contributed by atoms with Gasteiger partial charge in [0.25, 0.3) is 0 Å². The lowest BCUT2D eigenvalue weighted by Gasteiger charge is -2.43. The van der Waals surface area contributed by atoms with Crippen LogP contribution in [0.2, 0.25) is 0 Å². The van der Waals surface area contributed by atoms with Crippen LogP contribution in [-0.2, 0) is 0 Å². The average molecular weight is 506 g/mol. The maximum Gasteiger partial charge on any atom is 0.195 e. The summed E-state index contributed by atoms with van der Waals surface area (Å²) in [5.41, 5.74) is 7.26. The Morgan fingerprint density at radius 2 is 1.16 bits per heavy atom. The predicted octanol–water partition coefficient (Wildman–Crippen LogP) is 5.24. The van der Waals surface area contributed by atoms with E-state index in [0.29, 0.717) is 16.5 Å². The first kappa shape index (κ1) is 21.4. The van der Waals surface area contributed by atoms with Gasteiger partial charge in [-0.2, -0.15) is 0 Å². The highest BCUT2D eigenvalue weighted by molar-refractivity contribution is 7.23. The van der Waals surface area contributed by atoms with Crippen LogP contribution in [0.5, 0.6) is 0 Å². The Morgan fingerprint density at radius 3 is 1.76 bits per heavy atom. The molecule has 0 fully saturated rings. The second-order valence-electron chi connectivity index (χ2n) is 10.1. The SMILES string of the molecule is Cc1coc2cc(N3c4ccccc4[Si]4(c5ccccc5-c5ccccc54)c4ccccc43)ccc2c1=O. The van der Waals surface area contributed by atoms with Crippen LogP contribution >= 0.6 is 0 Å². The van der Waals surface area contributed by atoms with E-state index in [9.17, 15) is 4.79 Å². The van der Waals surface area contributed by atoms with Gasteiger partial charge in [0.05, 0.1) is 11.6 Å². The monoisotopic (exact) mass is 505 g/mol. The van der Waals surface area contributed by atoms with Gasteiger partial charge in [-0.05, 0) is 63.1 Å². The van der Waals surface area contributed by atoms with Gasteiger partial charge in [0.15, 0.2) is 13.5 Å². The Labute approximate surface area is 221 Å². The number of benzene rings is 5. The summed E-state index contributed by atoms with van der Waals surface area (Å²) in [7, 11) is -2.56. The summed E-state index contributed by atoms with van der Waals surface area (Å²) in [6.07, 6.45) is 1.56. The van der Waals surface area contributed by atoms with Crippen molar-refractivity contribution in [1.29, 1.82) is 0 Å². The van der Waals surface area contributed by atoms with Crippen LogP contribution in [-0.4, -0.2) is 8.07 Å². The van der Waals surface area contributed by atoms with Gasteiger partial charge in [0, 0.05) is 28.7 Å². The van der Waals surface area contributed by atoms with Crippen molar-refractivity contribution in [2.75, 3.05) is 4.90 Å². The summed E-state index contributed by atoms with van der Waals surface area (Å²) in [5.74, 6) is 0. The molecule has 1 spiro atoms. The second-order valence-corrected chi connectivity index (χ2v) is 13.8. The van der Waals surface area contributed by atoms with Crippen LogP contribution in [0.1, 0.15) is 5.56 Å². The minimum absolute atomic E-state index is 0.0165. The molecule has 0 saturated carbocycles. The quantitative estimate of drug-likeness (QED) is 0.286. The van der Waals surface area contributed by atoms with E-state index in [-0.39, 0.29) is 5.43 Å². The lowest BCUT2D eigenvalue weighted by atomic mass is 10.1. The topological polar surface area (TPSA) is 33.5 Å². The van der Waals surface area contributed by atoms with E-state index < -0.39 is 8.07 Å². The van der Waals surface area contributed by atoms with Crippen molar-refractivity contribution in [1.82, 2.24) is 0 Å². The minimum atomic E-state index is -2.56. The Hall–Kier alpha value is -4.67. The number of nitrogens with zero attached hydrogens (tertiary/aromatic N) is 1. The number of aryl methyl sites for hydroxylation is 1. The van der Waals surface area contributed by atoms with E-state index in [1.165, 1.54) is 43.2 Å². The largest absolute Gasteiger partial charge is 0.464 e. The number of para-hydroxylation sites is 2. The first-order valence-corrected chi connectivity index (χ1v) is 14.9. The van der Waals surface area contributed by atoms with Crippen molar-refractivity contribution in [2.24, 2.45) is 0 Å². The molecule has 0 saturated heterocycles. The van der Waals surface area contributed by atoms with Gasteiger partial charge >= 0.3 is 0 Å². The van der Waals surface area contributed by atoms with E-state index in [0.717, 1.165) is 5.69 Å². The normalized spacial score (nSPS) is 14.2. The molecule has 8 rings (SSSR count). The van der Waals surface area contributed by atoms with Crippen LogP contribution in [0.4, 0.5) is 17.1 Å². The van der Waals surface area contributed by atoms with Crippen molar-refractivity contribution < 1.29 is 4.42 Å². The van der Waals surface area contributed by atoms with E-state index in [1.807, 2.05) is 18.2 Å². The Kier molecular flexibility index (Phi) is 4.32. The van der Waals surface area contributed by atoms with Crippen molar-refractivity contribution in [3.63, 3.8) is 0 Å². The third-order valence-corrected chi connectivity index (χ3v) is 13.2. The summed E-state index contributed by atoms with van der Waals surface area (Å²) in [6.45, 7) is 1.79. The lowest BCUT2D eigenvalue weighted by Crippen LogP contribution is -2.75. The maximum atomic E-state index is 12.7. The molecular weight excluding hydrogens is 482 g/mol. The highest BCUT2D eigenvalue weighted by Crippen LogP contribution is 2.41. The van der Waals surface area contributed by atoms with Gasteiger partial charge in [-0.25, -0.2) is 0 Å². The van der Waals surface area contributed by atoms with Gasteiger partial charge in [-0.3, -0.25) is 4.79 Å². The van der Waals surface area contributed by atoms with E-state index in [1.54, 1.807) is 13.2 Å². The van der Waals surface area contributed by atoms with Crippen LogP contribution < -0.4 is 31.1 Å². The molecule has 4 heteroatoms. The molecule has 2 aliphatic rings. The molecule has 0 N–H and O–H groups in total. The van der Waals surface area contributed by atoms with Crippen molar-refractivity contribution in [2.45, 2.75) is 6.92 Å². The fourth-order valence-electron chi connectivity index (χ4n) is 6.69. The number of fused-ring (bicyclic) bond motifs is 10. The molecule has 3 heterocycles. The standard InChI is InChI=1S/C34H23NO2Si/c1-22-21-37-29-20-23(18-19-26(29)34(22)36)35-27-12-4-8-16-32(27)38(33-17-9-5-13-28(33)35)30-14-6-2-10-24(30)25-11-3-7-15-31(25)38/h2-21H,1H3. The van der Waals surface area contributed by atoms with Crippen LogP contribution in [0.3, 0.4) is 0 Å². The maximum absolute atomic E-state index is 12.7. The van der Waals surface area contributed by atoms with E-state index >= 15 is 0 Å². The molecule has 0 radical (unpaired) electrons. The number of hydrogen-bond donors (Lipinski definition) is 0. The van der Waals surface area contributed by atoms with Gasteiger partial charge in [0.2, 0.25) is 0 Å². The average Bonchev–Trinajstić information content (AvgIpc) is 3.26. The molecule has 180 valence electrons. The molecule has 0 atom stereocenters. The van der Waals surface area contributed by atoms with Crippen LogP contribution in [0.25, 0.3) is 22.1 Å². The fourth-order valence-corrected chi connectivity index (χ4v) is 12.2.